The van der Waals surface area contributed by atoms with Crippen LogP contribution in [-0.2, 0) is 15.6 Å². The van der Waals surface area contributed by atoms with Gasteiger partial charge in [-0.25, -0.2) is 12.8 Å². The Hall–Kier alpha value is -1.52. The summed E-state index contributed by atoms with van der Waals surface area (Å²) in [5, 5.41) is 14.3. The van der Waals surface area contributed by atoms with Gasteiger partial charge in [0.1, 0.15) is 5.82 Å². The maximum Gasteiger partial charge on any atom is 0.410 e. The van der Waals surface area contributed by atoms with Crippen LogP contribution in [0.15, 0.2) is 33.8 Å². The van der Waals surface area contributed by atoms with E-state index in [1.54, 1.807) is 6.07 Å². The van der Waals surface area contributed by atoms with Crippen molar-refractivity contribution in [1.29, 1.82) is 0 Å². The third-order valence-corrected chi connectivity index (χ3v) is 4.71. The standard InChI is InChI=1S/C10H6BrClFN3O4S/c11-9-6(2-1-3-7(9)13)4-15-5-8(21(12,19)20)10(14-15)16(17)18/h1-3,5H,4H2. The number of rotatable bonds is 4. The van der Waals surface area contributed by atoms with Crippen molar-refractivity contribution in [2.75, 3.05) is 0 Å². The molecule has 0 fully saturated rings. The Balaban J connectivity index is 2.47. The maximum absolute atomic E-state index is 13.4. The molecule has 0 amide bonds. The lowest BCUT2D eigenvalue weighted by atomic mass is 10.2. The van der Waals surface area contributed by atoms with Gasteiger partial charge in [0, 0.05) is 10.7 Å². The SMILES string of the molecule is O=[N+]([O-])c1nn(Cc2cccc(F)c2Br)cc1S(=O)(=O)Cl. The van der Waals surface area contributed by atoms with Crippen LogP contribution < -0.4 is 0 Å². The first-order valence-electron chi connectivity index (χ1n) is 5.29. The number of aromatic nitrogens is 2. The summed E-state index contributed by atoms with van der Waals surface area (Å²) in [6, 6.07) is 4.25. The molecule has 1 aromatic heterocycles. The van der Waals surface area contributed by atoms with Crippen LogP contribution in [0.25, 0.3) is 0 Å². The smallest absolute Gasteiger partial charge is 0.358 e. The lowest BCUT2D eigenvalue weighted by Crippen LogP contribution is -2.02. The molecule has 0 saturated carbocycles. The molecule has 0 aliphatic carbocycles. The molecule has 0 unspecified atom stereocenters. The van der Waals surface area contributed by atoms with Crippen molar-refractivity contribution in [1.82, 2.24) is 9.78 Å². The number of hydrogen-bond donors (Lipinski definition) is 0. The van der Waals surface area contributed by atoms with E-state index < -0.39 is 30.5 Å². The third-order valence-electron chi connectivity index (χ3n) is 2.51. The number of hydrogen-bond acceptors (Lipinski definition) is 5. The van der Waals surface area contributed by atoms with Crippen molar-refractivity contribution < 1.29 is 17.7 Å². The quantitative estimate of drug-likeness (QED) is 0.448. The van der Waals surface area contributed by atoms with Gasteiger partial charge in [-0.15, -0.1) is 0 Å². The lowest BCUT2D eigenvalue weighted by molar-refractivity contribution is -0.392. The highest BCUT2D eigenvalue weighted by Crippen LogP contribution is 2.27. The molecule has 21 heavy (non-hydrogen) atoms. The Morgan fingerprint density at radius 2 is 2.14 bits per heavy atom. The second-order valence-electron chi connectivity index (χ2n) is 3.92. The van der Waals surface area contributed by atoms with E-state index in [0.29, 0.717) is 5.56 Å². The molecular formula is C10H6BrClFN3O4S. The summed E-state index contributed by atoms with van der Waals surface area (Å²) in [5.41, 5.74) is 0.436. The van der Waals surface area contributed by atoms with Gasteiger partial charge in [0.15, 0.2) is 0 Å². The zero-order valence-corrected chi connectivity index (χ0v) is 13.2. The van der Waals surface area contributed by atoms with Gasteiger partial charge in [0.2, 0.25) is 4.90 Å². The Bertz CT molecular complexity index is 824. The molecule has 0 bridgehead atoms. The molecule has 1 aromatic carbocycles. The minimum absolute atomic E-state index is 0.0639. The molecule has 1 heterocycles. The molecule has 0 saturated heterocycles. The van der Waals surface area contributed by atoms with E-state index in [-0.39, 0.29) is 11.0 Å². The average molecular weight is 399 g/mol. The predicted octanol–water partition coefficient (Wildman–Crippen LogP) is 2.67. The highest BCUT2D eigenvalue weighted by molar-refractivity contribution is 9.10. The van der Waals surface area contributed by atoms with Crippen molar-refractivity contribution in [2.45, 2.75) is 11.4 Å². The minimum atomic E-state index is -4.31. The van der Waals surface area contributed by atoms with E-state index in [1.165, 1.54) is 12.1 Å². The first-order valence-corrected chi connectivity index (χ1v) is 8.40. The summed E-state index contributed by atoms with van der Waals surface area (Å²) in [6.07, 6.45) is 0.928. The minimum Gasteiger partial charge on any atom is -0.358 e. The molecular weight excluding hydrogens is 393 g/mol. The van der Waals surface area contributed by atoms with Gasteiger partial charge in [-0.3, -0.25) is 0 Å². The fourth-order valence-electron chi connectivity index (χ4n) is 1.62. The normalized spacial score (nSPS) is 11.6. The van der Waals surface area contributed by atoms with Crippen molar-refractivity contribution in [3.8, 4) is 0 Å². The first-order chi connectivity index (χ1) is 9.70. The summed E-state index contributed by atoms with van der Waals surface area (Å²) in [7, 11) is 0.819. The average Bonchev–Trinajstić information content (AvgIpc) is 2.79. The van der Waals surface area contributed by atoms with Crippen LogP contribution in [0.1, 0.15) is 5.56 Å². The van der Waals surface area contributed by atoms with Gasteiger partial charge in [-0.2, -0.15) is 4.68 Å². The molecule has 0 aliphatic rings. The van der Waals surface area contributed by atoms with E-state index in [4.69, 9.17) is 10.7 Å². The molecule has 7 nitrogen and oxygen atoms in total. The maximum atomic E-state index is 13.4. The summed E-state index contributed by atoms with van der Waals surface area (Å²) in [5.74, 6) is -1.39. The lowest BCUT2D eigenvalue weighted by Gasteiger charge is -2.02. The summed E-state index contributed by atoms with van der Waals surface area (Å²) < 4.78 is 37.1. The number of benzene rings is 1. The highest BCUT2D eigenvalue weighted by atomic mass is 79.9. The van der Waals surface area contributed by atoms with E-state index in [1.807, 2.05) is 0 Å². The fourth-order valence-corrected chi connectivity index (χ4v) is 2.91. The van der Waals surface area contributed by atoms with Gasteiger partial charge < -0.3 is 10.1 Å². The Kier molecular flexibility index (Phi) is 4.30. The second-order valence-corrected chi connectivity index (χ2v) is 7.25. The summed E-state index contributed by atoms with van der Waals surface area (Å²) in [6.45, 7) is -0.0639. The molecule has 0 aliphatic heterocycles. The zero-order chi connectivity index (χ0) is 15.8. The second kappa shape index (κ2) is 5.70. The molecule has 0 spiro atoms. The van der Waals surface area contributed by atoms with Gasteiger partial charge in [-0.05, 0) is 32.5 Å². The zero-order valence-electron chi connectivity index (χ0n) is 10.0. The molecule has 0 radical (unpaired) electrons. The van der Waals surface area contributed by atoms with Gasteiger partial charge in [0.05, 0.1) is 22.3 Å². The van der Waals surface area contributed by atoms with E-state index in [2.05, 4.69) is 21.0 Å². The van der Waals surface area contributed by atoms with Crippen molar-refractivity contribution in [3.05, 3.63) is 50.4 Å². The van der Waals surface area contributed by atoms with E-state index in [0.717, 1.165) is 10.9 Å². The fraction of sp³-hybridized carbons (Fsp3) is 0.100. The van der Waals surface area contributed by atoms with Crippen LogP contribution in [-0.4, -0.2) is 23.1 Å². The summed E-state index contributed by atoms with van der Waals surface area (Å²) in [4.78, 5) is 9.13. The molecule has 0 atom stereocenters. The van der Waals surface area contributed by atoms with Gasteiger partial charge in [-0.1, -0.05) is 12.1 Å². The Morgan fingerprint density at radius 1 is 1.48 bits per heavy atom. The third kappa shape index (κ3) is 3.39. The van der Waals surface area contributed by atoms with Crippen LogP contribution >= 0.6 is 26.6 Å². The van der Waals surface area contributed by atoms with Crippen molar-refractivity contribution >= 4 is 41.5 Å². The van der Waals surface area contributed by atoms with Crippen LogP contribution in [0.3, 0.4) is 0 Å². The van der Waals surface area contributed by atoms with Crippen LogP contribution in [0.2, 0.25) is 0 Å². The molecule has 11 heteroatoms. The predicted molar refractivity (Wildman–Crippen MR) is 75.1 cm³/mol. The van der Waals surface area contributed by atoms with Crippen LogP contribution in [0.5, 0.6) is 0 Å². The Labute approximate surface area is 131 Å². The topological polar surface area (TPSA) is 95.1 Å². The molecule has 112 valence electrons. The van der Waals surface area contributed by atoms with Gasteiger partial charge >= 0.3 is 5.82 Å². The van der Waals surface area contributed by atoms with E-state index >= 15 is 0 Å². The van der Waals surface area contributed by atoms with Crippen molar-refractivity contribution in [2.24, 2.45) is 0 Å². The summed E-state index contributed by atoms with van der Waals surface area (Å²) >= 11 is 3.04. The molecule has 2 aromatic rings. The van der Waals surface area contributed by atoms with Gasteiger partial charge in [0.25, 0.3) is 9.05 Å². The first kappa shape index (κ1) is 15.9. The van der Waals surface area contributed by atoms with Crippen molar-refractivity contribution in [3.63, 3.8) is 0 Å². The van der Waals surface area contributed by atoms with E-state index in [9.17, 15) is 22.9 Å². The Morgan fingerprint density at radius 3 is 2.67 bits per heavy atom. The number of nitrogens with zero attached hydrogens (tertiary/aromatic N) is 3. The highest BCUT2D eigenvalue weighted by Gasteiger charge is 2.30. The molecule has 2 rings (SSSR count). The molecule has 0 N–H and O–H groups in total. The van der Waals surface area contributed by atoms with Crippen LogP contribution in [0, 0.1) is 15.9 Å². The van der Waals surface area contributed by atoms with Crippen LogP contribution in [0.4, 0.5) is 10.2 Å². The number of halogens is 3. The largest absolute Gasteiger partial charge is 0.410 e. The number of nitro groups is 1. The monoisotopic (exact) mass is 397 g/mol.